The highest BCUT2D eigenvalue weighted by Crippen LogP contribution is 2.29. The van der Waals surface area contributed by atoms with Gasteiger partial charge in [0.25, 0.3) is 0 Å². The van der Waals surface area contributed by atoms with Crippen LogP contribution in [0, 0.1) is 6.42 Å². The topological polar surface area (TPSA) is 17.1 Å². The minimum absolute atomic E-state index is 0.271. The van der Waals surface area contributed by atoms with Crippen LogP contribution in [0.2, 0.25) is 0 Å². The van der Waals surface area contributed by atoms with Crippen molar-refractivity contribution in [2.75, 3.05) is 0 Å². The second kappa shape index (κ2) is 3.82. The molecule has 1 radical (unpaired) electrons. The molecule has 1 aromatic rings. The number of alkyl halides is 3. The fourth-order valence-corrected chi connectivity index (χ4v) is 1.04. The number of benzene rings is 1. The van der Waals surface area contributed by atoms with Crippen LogP contribution in [-0.2, 0) is 11.0 Å². The summed E-state index contributed by atoms with van der Waals surface area (Å²) in [6, 6.07) is 4.65. The molecule has 4 heteroatoms. The Morgan fingerprint density at radius 1 is 1.36 bits per heavy atom. The molecule has 1 rings (SSSR count). The third-order valence-corrected chi connectivity index (χ3v) is 1.58. The predicted molar refractivity (Wildman–Crippen MR) is 45.5 cm³/mol. The van der Waals surface area contributed by atoms with Crippen molar-refractivity contribution >= 4 is 5.78 Å². The molecule has 0 aliphatic heterocycles. The highest BCUT2D eigenvalue weighted by Gasteiger charge is 2.30. The zero-order valence-electron chi connectivity index (χ0n) is 7.43. The molecular weight excluding hydrogens is 193 g/mol. The van der Waals surface area contributed by atoms with E-state index in [-0.39, 0.29) is 11.3 Å². The molecule has 0 fully saturated rings. The minimum Gasteiger partial charge on any atom is -0.299 e. The first-order chi connectivity index (χ1) is 6.39. The fraction of sp³-hybridized carbons (Fsp3) is 0.200. The number of rotatable bonds is 2. The summed E-state index contributed by atoms with van der Waals surface area (Å²) in [6.45, 7) is 1.29. The van der Waals surface area contributed by atoms with E-state index in [0.717, 1.165) is 18.6 Å². The van der Waals surface area contributed by atoms with Gasteiger partial charge in [-0.15, -0.1) is 0 Å². The second-order valence-corrected chi connectivity index (χ2v) is 2.88. The van der Waals surface area contributed by atoms with Gasteiger partial charge in [0.2, 0.25) is 0 Å². The first-order valence-corrected chi connectivity index (χ1v) is 3.92. The Morgan fingerprint density at radius 3 is 2.50 bits per heavy atom. The lowest BCUT2D eigenvalue weighted by Crippen LogP contribution is -2.05. The van der Waals surface area contributed by atoms with Crippen molar-refractivity contribution in [2.24, 2.45) is 0 Å². The Labute approximate surface area is 79.5 Å². The largest absolute Gasteiger partial charge is 0.416 e. The second-order valence-electron chi connectivity index (χ2n) is 2.88. The summed E-state index contributed by atoms with van der Waals surface area (Å²) in [6.07, 6.45) is -3.20. The van der Waals surface area contributed by atoms with E-state index in [9.17, 15) is 18.0 Å². The molecule has 0 aliphatic carbocycles. The molecule has 75 valence electrons. The number of carbonyl (C=O) groups is 1. The van der Waals surface area contributed by atoms with Crippen molar-refractivity contribution in [1.29, 1.82) is 0 Å². The maximum atomic E-state index is 12.2. The van der Waals surface area contributed by atoms with E-state index in [4.69, 9.17) is 0 Å². The lowest BCUT2D eigenvalue weighted by molar-refractivity contribution is -0.137. The predicted octanol–water partition coefficient (Wildman–Crippen LogP) is 2.85. The van der Waals surface area contributed by atoms with Crippen LogP contribution >= 0.6 is 0 Å². The van der Waals surface area contributed by atoms with Crippen LogP contribution in [0.4, 0.5) is 13.2 Å². The summed E-state index contributed by atoms with van der Waals surface area (Å²) in [5, 5.41) is 0. The summed E-state index contributed by atoms with van der Waals surface area (Å²) in [5.74, 6) is -0.274. The molecule has 0 atom stereocenters. The molecule has 0 unspecified atom stereocenters. The number of hydrogen-bond donors (Lipinski definition) is 0. The molecule has 14 heavy (non-hydrogen) atoms. The molecule has 0 saturated carbocycles. The van der Waals surface area contributed by atoms with Crippen molar-refractivity contribution < 1.29 is 18.0 Å². The van der Waals surface area contributed by atoms with Crippen LogP contribution in [0.5, 0.6) is 0 Å². The summed E-state index contributed by atoms with van der Waals surface area (Å²) in [5.41, 5.74) is -0.472. The molecule has 0 aromatic heterocycles. The van der Waals surface area contributed by atoms with E-state index in [1.165, 1.54) is 19.1 Å². The lowest BCUT2D eigenvalue weighted by Gasteiger charge is -2.07. The van der Waals surface area contributed by atoms with E-state index in [1.807, 2.05) is 0 Å². The van der Waals surface area contributed by atoms with Crippen LogP contribution in [0.1, 0.15) is 18.1 Å². The standard InChI is InChI=1S/C10H8F3O/c1-7(14)5-8-3-2-4-9(6-8)10(11,12)13/h2-6H,1H3. The molecule has 1 aromatic carbocycles. The number of Topliss-reactive ketones (excluding diaryl/α,β-unsaturated/α-hetero) is 1. The van der Waals surface area contributed by atoms with Gasteiger partial charge in [-0.3, -0.25) is 4.79 Å². The monoisotopic (exact) mass is 201 g/mol. The van der Waals surface area contributed by atoms with Crippen molar-refractivity contribution in [3.8, 4) is 0 Å². The molecule has 0 bridgehead atoms. The number of ketones is 1. The van der Waals surface area contributed by atoms with Crippen molar-refractivity contribution in [3.63, 3.8) is 0 Å². The fourth-order valence-electron chi connectivity index (χ4n) is 1.04. The van der Waals surface area contributed by atoms with E-state index >= 15 is 0 Å². The molecule has 0 spiro atoms. The van der Waals surface area contributed by atoms with Gasteiger partial charge in [0.1, 0.15) is 5.78 Å². The van der Waals surface area contributed by atoms with Crippen LogP contribution in [0.3, 0.4) is 0 Å². The lowest BCUT2D eigenvalue weighted by atomic mass is 10.1. The van der Waals surface area contributed by atoms with Crippen LogP contribution in [0.25, 0.3) is 0 Å². The van der Waals surface area contributed by atoms with Crippen molar-refractivity contribution in [2.45, 2.75) is 13.1 Å². The third kappa shape index (κ3) is 2.87. The Morgan fingerprint density at radius 2 is 2.00 bits per heavy atom. The summed E-state index contributed by atoms with van der Waals surface area (Å²) in [7, 11) is 0. The SMILES string of the molecule is CC(=O)[CH]c1cccc(C(F)(F)F)c1. The first-order valence-electron chi connectivity index (χ1n) is 3.92. The zero-order valence-corrected chi connectivity index (χ0v) is 7.43. The van der Waals surface area contributed by atoms with Gasteiger partial charge >= 0.3 is 6.18 Å². The Hall–Kier alpha value is -1.32. The number of hydrogen-bond acceptors (Lipinski definition) is 1. The van der Waals surface area contributed by atoms with E-state index in [1.54, 1.807) is 0 Å². The third-order valence-electron chi connectivity index (χ3n) is 1.58. The van der Waals surface area contributed by atoms with Crippen molar-refractivity contribution in [3.05, 3.63) is 41.8 Å². The zero-order chi connectivity index (χ0) is 10.8. The minimum atomic E-state index is -4.36. The summed E-state index contributed by atoms with van der Waals surface area (Å²) in [4.78, 5) is 10.6. The van der Waals surface area contributed by atoms with Gasteiger partial charge in [-0.1, -0.05) is 18.2 Å². The molecular formula is C10H8F3O. The maximum Gasteiger partial charge on any atom is 0.416 e. The molecule has 0 saturated heterocycles. The van der Waals surface area contributed by atoms with E-state index in [0.29, 0.717) is 0 Å². The van der Waals surface area contributed by atoms with Gasteiger partial charge in [0.15, 0.2) is 0 Å². The molecule has 0 N–H and O–H groups in total. The van der Waals surface area contributed by atoms with Gasteiger partial charge in [-0.25, -0.2) is 0 Å². The smallest absolute Gasteiger partial charge is 0.299 e. The normalized spacial score (nSPS) is 11.4. The van der Waals surface area contributed by atoms with Gasteiger partial charge in [0.05, 0.1) is 12.0 Å². The molecule has 0 amide bonds. The number of halogens is 3. The Kier molecular flexibility index (Phi) is 2.93. The summed E-state index contributed by atoms with van der Waals surface area (Å²) >= 11 is 0. The van der Waals surface area contributed by atoms with Gasteiger partial charge in [0, 0.05) is 0 Å². The van der Waals surface area contributed by atoms with Crippen molar-refractivity contribution in [1.82, 2.24) is 0 Å². The van der Waals surface area contributed by atoms with E-state index < -0.39 is 11.7 Å². The molecule has 0 heterocycles. The van der Waals surface area contributed by atoms with Gasteiger partial charge < -0.3 is 0 Å². The van der Waals surface area contributed by atoms with Crippen LogP contribution in [0.15, 0.2) is 24.3 Å². The average Bonchev–Trinajstić information content (AvgIpc) is 2.01. The van der Waals surface area contributed by atoms with Gasteiger partial charge in [-0.05, 0) is 18.6 Å². The highest BCUT2D eigenvalue weighted by atomic mass is 19.4. The Balaban J connectivity index is 2.95. The average molecular weight is 201 g/mol. The Bertz CT molecular complexity index is 341. The quantitative estimate of drug-likeness (QED) is 0.719. The number of carbonyl (C=O) groups excluding carboxylic acids is 1. The van der Waals surface area contributed by atoms with E-state index in [2.05, 4.69) is 0 Å². The van der Waals surface area contributed by atoms with Crippen LogP contribution in [-0.4, -0.2) is 5.78 Å². The van der Waals surface area contributed by atoms with Gasteiger partial charge in [-0.2, -0.15) is 13.2 Å². The molecule has 0 aliphatic rings. The first kappa shape index (κ1) is 10.8. The maximum absolute atomic E-state index is 12.2. The van der Waals surface area contributed by atoms with Crippen LogP contribution < -0.4 is 0 Å². The molecule has 1 nitrogen and oxygen atoms in total. The summed E-state index contributed by atoms with van der Waals surface area (Å²) < 4.78 is 36.6. The highest BCUT2D eigenvalue weighted by molar-refractivity contribution is 5.88.